The lowest BCUT2D eigenvalue weighted by molar-refractivity contribution is 0.0897. The Kier molecular flexibility index (Phi) is 3.93. The van der Waals surface area contributed by atoms with Gasteiger partial charge in [-0.1, -0.05) is 13.3 Å². The van der Waals surface area contributed by atoms with Crippen LogP contribution in [0.2, 0.25) is 0 Å². The fraction of sp³-hybridized carbons (Fsp3) is 0.600. The molecular formula is C15H23NO. The highest BCUT2D eigenvalue weighted by Gasteiger charge is 2.25. The van der Waals surface area contributed by atoms with Crippen LogP contribution in [0.5, 0.6) is 5.75 Å². The van der Waals surface area contributed by atoms with Crippen LogP contribution >= 0.6 is 0 Å². The van der Waals surface area contributed by atoms with Crippen molar-refractivity contribution >= 4 is 5.69 Å². The van der Waals surface area contributed by atoms with Gasteiger partial charge in [0.15, 0.2) is 0 Å². The minimum Gasteiger partial charge on any atom is -0.490 e. The summed E-state index contributed by atoms with van der Waals surface area (Å²) in [4.78, 5) is 0. The van der Waals surface area contributed by atoms with Crippen LogP contribution in [-0.2, 0) is 0 Å². The highest BCUT2D eigenvalue weighted by molar-refractivity contribution is 5.47. The van der Waals surface area contributed by atoms with Crippen molar-refractivity contribution in [3.63, 3.8) is 0 Å². The molecule has 0 saturated heterocycles. The average molecular weight is 233 g/mol. The van der Waals surface area contributed by atoms with Gasteiger partial charge < -0.3 is 10.5 Å². The van der Waals surface area contributed by atoms with E-state index in [-0.39, 0.29) is 0 Å². The first-order chi connectivity index (χ1) is 8.20. The minimum atomic E-state index is 0.399. The summed E-state index contributed by atoms with van der Waals surface area (Å²) in [6.45, 7) is 4.33. The van der Waals surface area contributed by atoms with Gasteiger partial charge in [0.2, 0.25) is 0 Å². The van der Waals surface area contributed by atoms with E-state index < -0.39 is 0 Å². The summed E-state index contributed by atoms with van der Waals surface area (Å²) in [5.74, 6) is 1.73. The van der Waals surface area contributed by atoms with E-state index in [1.165, 1.54) is 32.1 Å². The van der Waals surface area contributed by atoms with Crippen molar-refractivity contribution in [3.05, 3.63) is 23.8 Å². The van der Waals surface area contributed by atoms with Gasteiger partial charge in [-0.2, -0.15) is 0 Å². The summed E-state index contributed by atoms with van der Waals surface area (Å²) >= 11 is 0. The number of anilines is 1. The maximum atomic E-state index is 6.19. The standard InChI is InChI=1S/C15H23NO/c1-3-12-6-4-5-7-15(12)17-14-9-8-13(16)10-11(14)2/h8-10,12,15H,3-7,16H2,1-2H3. The molecule has 1 aliphatic carbocycles. The van der Waals surface area contributed by atoms with Gasteiger partial charge in [0, 0.05) is 5.69 Å². The molecule has 1 fully saturated rings. The van der Waals surface area contributed by atoms with Gasteiger partial charge in [0.25, 0.3) is 0 Å². The van der Waals surface area contributed by atoms with E-state index in [2.05, 4.69) is 13.8 Å². The van der Waals surface area contributed by atoms with E-state index in [0.717, 1.165) is 22.9 Å². The number of nitrogen functional groups attached to an aromatic ring is 1. The zero-order valence-corrected chi connectivity index (χ0v) is 10.9. The van der Waals surface area contributed by atoms with Gasteiger partial charge in [-0.25, -0.2) is 0 Å². The Hall–Kier alpha value is -1.18. The Bertz CT molecular complexity index is 375. The number of rotatable bonds is 3. The molecule has 2 N–H and O–H groups in total. The summed E-state index contributed by atoms with van der Waals surface area (Å²) in [6, 6.07) is 5.91. The van der Waals surface area contributed by atoms with Crippen LogP contribution < -0.4 is 10.5 Å². The molecule has 2 nitrogen and oxygen atoms in total. The molecule has 2 heteroatoms. The molecule has 2 unspecified atom stereocenters. The highest BCUT2D eigenvalue weighted by atomic mass is 16.5. The molecule has 94 valence electrons. The van der Waals surface area contributed by atoms with E-state index in [1.54, 1.807) is 0 Å². The molecule has 0 aliphatic heterocycles. The van der Waals surface area contributed by atoms with Crippen molar-refractivity contribution in [3.8, 4) is 5.75 Å². The smallest absolute Gasteiger partial charge is 0.122 e. The van der Waals surface area contributed by atoms with Crippen molar-refractivity contribution in [2.75, 3.05) is 5.73 Å². The number of ether oxygens (including phenoxy) is 1. The Morgan fingerprint density at radius 1 is 1.29 bits per heavy atom. The summed E-state index contributed by atoms with van der Waals surface area (Å²) in [5.41, 5.74) is 7.71. The van der Waals surface area contributed by atoms with Gasteiger partial charge in [0.1, 0.15) is 11.9 Å². The van der Waals surface area contributed by atoms with Crippen LogP contribution in [0.4, 0.5) is 5.69 Å². The molecule has 1 aromatic rings. The van der Waals surface area contributed by atoms with Crippen LogP contribution in [-0.4, -0.2) is 6.10 Å². The predicted molar refractivity (Wildman–Crippen MR) is 72.3 cm³/mol. The van der Waals surface area contributed by atoms with Crippen LogP contribution in [0.15, 0.2) is 18.2 Å². The van der Waals surface area contributed by atoms with Gasteiger partial charge in [-0.15, -0.1) is 0 Å². The van der Waals surface area contributed by atoms with E-state index in [0.29, 0.717) is 6.10 Å². The SMILES string of the molecule is CCC1CCCCC1Oc1ccc(N)cc1C. The quantitative estimate of drug-likeness (QED) is 0.803. The molecular weight excluding hydrogens is 210 g/mol. The van der Waals surface area contributed by atoms with Crippen LogP contribution in [0.1, 0.15) is 44.6 Å². The van der Waals surface area contributed by atoms with Crippen molar-refractivity contribution in [1.82, 2.24) is 0 Å². The van der Waals surface area contributed by atoms with Crippen LogP contribution in [0.3, 0.4) is 0 Å². The van der Waals surface area contributed by atoms with Crippen molar-refractivity contribution in [1.29, 1.82) is 0 Å². The molecule has 0 heterocycles. The second-order valence-electron chi connectivity index (χ2n) is 5.13. The third kappa shape index (κ3) is 2.93. The Morgan fingerprint density at radius 2 is 2.06 bits per heavy atom. The second kappa shape index (κ2) is 5.44. The van der Waals surface area contributed by atoms with E-state index >= 15 is 0 Å². The molecule has 0 radical (unpaired) electrons. The fourth-order valence-electron chi connectivity index (χ4n) is 2.76. The summed E-state index contributed by atoms with van der Waals surface area (Å²) < 4.78 is 6.19. The first kappa shape index (κ1) is 12.3. The highest BCUT2D eigenvalue weighted by Crippen LogP contribution is 2.31. The molecule has 2 atom stereocenters. The molecule has 0 amide bonds. The molecule has 0 spiro atoms. The van der Waals surface area contributed by atoms with Gasteiger partial charge in [-0.3, -0.25) is 0 Å². The topological polar surface area (TPSA) is 35.2 Å². The number of hydrogen-bond donors (Lipinski definition) is 1. The Labute approximate surface area is 104 Å². The second-order valence-corrected chi connectivity index (χ2v) is 5.13. The van der Waals surface area contributed by atoms with Crippen molar-refractivity contribution in [2.45, 2.75) is 52.1 Å². The van der Waals surface area contributed by atoms with Gasteiger partial charge in [0.05, 0.1) is 0 Å². The number of nitrogens with two attached hydrogens (primary N) is 1. The first-order valence-corrected chi connectivity index (χ1v) is 6.73. The molecule has 1 saturated carbocycles. The molecule has 0 bridgehead atoms. The van der Waals surface area contributed by atoms with Gasteiger partial charge in [-0.05, 0) is 62.3 Å². The number of aryl methyl sites for hydroxylation is 1. The van der Waals surface area contributed by atoms with E-state index in [4.69, 9.17) is 10.5 Å². The molecule has 1 aliphatic rings. The van der Waals surface area contributed by atoms with Crippen molar-refractivity contribution < 1.29 is 4.74 Å². The van der Waals surface area contributed by atoms with E-state index in [1.807, 2.05) is 18.2 Å². The monoisotopic (exact) mass is 233 g/mol. The lowest BCUT2D eigenvalue weighted by Gasteiger charge is -2.31. The zero-order chi connectivity index (χ0) is 12.3. The summed E-state index contributed by atoms with van der Waals surface area (Å²) in [7, 11) is 0. The largest absolute Gasteiger partial charge is 0.490 e. The summed E-state index contributed by atoms with van der Waals surface area (Å²) in [6.07, 6.45) is 6.79. The lowest BCUT2D eigenvalue weighted by atomic mass is 9.84. The first-order valence-electron chi connectivity index (χ1n) is 6.73. The molecule has 17 heavy (non-hydrogen) atoms. The number of benzene rings is 1. The zero-order valence-electron chi connectivity index (χ0n) is 10.9. The summed E-state index contributed by atoms with van der Waals surface area (Å²) in [5, 5.41) is 0. The van der Waals surface area contributed by atoms with Crippen LogP contribution in [0.25, 0.3) is 0 Å². The third-order valence-electron chi connectivity index (χ3n) is 3.84. The maximum absolute atomic E-state index is 6.19. The average Bonchev–Trinajstić information content (AvgIpc) is 2.33. The third-order valence-corrected chi connectivity index (χ3v) is 3.84. The predicted octanol–water partition coefficient (Wildman–Crippen LogP) is 3.92. The van der Waals surface area contributed by atoms with E-state index in [9.17, 15) is 0 Å². The van der Waals surface area contributed by atoms with Gasteiger partial charge >= 0.3 is 0 Å². The molecule has 2 rings (SSSR count). The normalized spacial score (nSPS) is 24.6. The Balaban J connectivity index is 2.08. The van der Waals surface area contributed by atoms with Crippen molar-refractivity contribution in [2.24, 2.45) is 5.92 Å². The maximum Gasteiger partial charge on any atom is 0.122 e. The number of hydrogen-bond acceptors (Lipinski definition) is 2. The Morgan fingerprint density at radius 3 is 2.76 bits per heavy atom. The molecule has 1 aromatic carbocycles. The fourth-order valence-corrected chi connectivity index (χ4v) is 2.76. The molecule has 0 aromatic heterocycles. The lowest BCUT2D eigenvalue weighted by Crippen LogP contribution is -2.30. The van der Waals surface area contributed by atoms with Crippen LogP contribution in [0, 0.1) is 12.8 Å². The minimum absolute atomic E-state index is 0.399.